The van der Waals surface area contributed by atoms with Gasteiger partial charge in [0.25, 0.3) is 10.4 Å². The standard InChI is InChI=1S/C18H11BrN4O2S/c19-9-5-6-13-12(7-9)15-10-3-1-2-4-11(10)17(24)23(16(15)20-13)8-14-21-22-18(26)25-14/h1-7,20H,8H2,(H,22,26). The summed E-state index contributed by atoms with van der Waals surface area (Å²) in [5.74, 6) is 0.355. The third kappa shape index (κ3) is 2.26. The van der Waals surface area contributed by atoms with Crippen LogP contribution in [0.25, 0.3) is 32.7 Å². The second kappa shape index (κ2) is 5.65. The maximum Gasteiger partial charge on any atom is 0.284 e. The summed E-state index contributed by atoms with van der Waals surface area (Å²) in [4.78, 5) is 16.7. The van der Waals surface area contributed by atoms with Crippen molar-refractivity contribution in [3.05, 3.63) is 68.0 Å². The molecule has 128 valence electrons. The molecule has 2 N–H and O–H groups in total. The first kappa shape index (κ1) is 15.5. The zero-order valence-corrected chi connectivity index (χ0v) is 15.6. The Morgan fingerprint density at radius 1 is 1.15 bits per heavy atom. The van der Waals surface area contributed by atoms with Gasteiger partial charge in [0.05, 0.1) is 0 Å². The number of fused-ring (bicyclic) bond motifs is 5. The minimum absolute atomic E-state index is 0.108. The molecule has 0 radical (unpaired) electrons. The van der Waals surface area contributed by atoms with Gasteiger partial charge in [0, 0.05) is 26.1 Å². The lowest BCUT2D eigenvalue weighted by Gasteiger charge is -2.08. The van der Waals surface area contributed by atoms with E-state index in [0.717, 1.165) is 31.8 Å². The minimum atomic E-state index is -0.108. The first-order valence-electron chi connectivity index (χ1n) is 7.89. The van der Waals surface area contributed by atoms with Crippen LogP contribution < -0.4 is 5.56 Å². The zero-order valence-electron chi connectivity index (χ0n) is 13.2. The summed E-state index contributed by atoms with van der Waals surface area (Å²) in [7, 11) is 0. The van der Waals surface area contributed by atoms with Crippen molar-refractivity contribution in [3.63, 3.8) is 0 Å². The predicted molar refractivity (Wildman–Crippen MR) is 106 cm³/mol. The number of hydrogen-bond acceptors (Lipinski definition) is 4. The van der Waals surface area contributed by atoms with Gasteiger partial charge >= 0.3 is 0 Å². The summed E-state index contributed by atoms with van der Waals surface area (Å²) in [6.45, 7) is 0.182. The molecule has 0 amide bonds. The van der Waals surface area contributed by atoms with Crippen molar-refractivity contribution in [2.75, 3.05) is 0 Å². The maximum atomic E-state index is 13.1. The molecule has 0 aliphatic carbocycles. The lowest BCUT2D eigenvalue weighted by molar-refractivity contribution is 0.466. The van der Waals surface area contributed by atoms with Crippen molar-refractivity contribution in [3.8, 4) is 0 Å². The highest BCUT2D eigenvalue weighted by molar-refractivity contribution is 9.10. The molecular formula is C18H11BrN4O2S. The number of halogens is 1. The Kier molecular flexibility index (Phi) is 3.38. The normalized spacial score (nSPS) is 11.7. The first-order valence-corrected chi connectivity index (χ1v) is 9.09. The Morgan fingerprint density at radius 3 is 2.73 bits per heavy atom. The largest absolute Gasteiger partial charge is 0.412 e. The molecule has 2 aromatic carbocycles. The van der Waals surface area contributed by atoms with E-state index < -0.39 is 0 Å². The van der Waals surface area contributed by atoms with E-state index >= 15 is 0 Å². The van der Waals surface area contributed by atoms with Crippen molar-refractivity contribution in [2.45, 2.75) is 6.54 Å². The van der Waals surface area contributed by atoms with Gasteiger partial charge in [0.2, 0.25) is 5.89 Å². The molecule has 0 aliphatic rings. The van der Waals surface area contributed by atoms with Crippen LogP contribution in [0.2, 0.25) is 0 Å². The topological polar surface area (TPSA) is 79.6 Å². The Morgan fingerprint density at radius 2 is 1.96 bits per heavy atom. The highest BCUT2D eigenvalue weighted by atomic mass is 79.9. The van der Waals surface area contributed by atoms with E-state index in [1.807, 2.05) is 36.4 Å². The Hall–Kier alpha value is -2.71. The summed E-state index contributed by atoms with van der Waals surface area (Å²) < 4.78 is 7.98. The number of H-pyrrole nitrogens is 2. The van der Waals surface area contributed by atoms with Crippen molar-refractivity contribution in [2.24, 2.45) is 0 Å². The monoisotopic (exact) mass is 426 g/mol. The van der Waals surface area contributed by atoms with Gasteiger partial charge in [-0.05, 0) is 41.9 Å². The molecule has 0 atom stereocenters. The van der Waals surface area contributed by atoms with Crippen LogP contribution in [0.1, 0.15) is 5.89 Å². The Labute approximate surface area is 159 Å². The van der Waals surface area contributed by atoms with Gasteiger partial charge in [-0.3, -0.25) is 9.36 Å². The van der Waals surface area contributed by atoms with Gasteiger partial charge in [0.1, 0.15) is 12.2 Å². The number of pyridine rings is 1. The van der Waals surface area contributed by atoms with Crippen LogP contribution in [-0.2, 0) is 6.54 Å². The number of benzene rings is 2. The van der Waals surface area contributed by atoms with Gasteiger partial charge in [-0.2, -0.15) is 0 Å². The van der Waals surface area contributed by atoms with Gasteiger partial charge in [0.15, 0.2) is 0 Å². The quantitative estimate of drug-likeness (QED) is 0.407. The smallest absolute Gasteiger partial charge is 0.284 e. The van der Waals surface area contributed by atoms with Gasteiger partial charge < -0.3 is 9.40 Å². The number of nitrogens with one attached hydrogen (secondary N) is 2. The van der Waals surface area contributed by atoms with Crippen molar-refractivity contribution < 1.29 is 4.42 Å². The summed E-state index contributed by atoms with van der Waals surface area (Å²) in [5.41, 5.74) is 1.57. The number of rotatable bonds is 2. The van der Waals surface area contributed by atoms with Crippen LogP contribution >= 0.6 is 28.1 Å². The SMILES string of the molecule is O=c1c2ccccc2c2c3cc(Br)ccc3[nH]c2n1Cc1n[nH]c(=S)o1. The molecule has 0 spiro atoms. The highest BCUT2D eigenvalue weighted by Crippen LogP contribution is 2.32. The van der Waals surface area contributed by atoms with Crippen LogP contribution in [0.3, 0.4) is 0 Å². The van der Waals surface area contributed by atoms with Crippen molar-refractivity contribution in [1.82, 2.24) is 19.7 Å². The molecule has 0 unspecified atom stereocenters. The Bertz CT molecular complexity index is 1430. The minimum Gasteiger partial charge on any atom is -0.412 e. The second-order valence-corrected chi connectivity index (χ2v) is 7.27. The summed E-state index contributed by atoms with van der Waals surface area (Å²) in [6.07, 6.45) is 0. The van der Waals surface area contributed by atoms with E-state index in [1.165, 1.54) is 0 Å². The van der Waals surface area contributed by atoms with E-state index in [2.05, 4.69) is 37.2 Å². The Balaban J connectivity index is 1.96. The lowest BCUT2D eigenvalue weighted by atomic mass is 10.1. The van der Waals surface area contributed by atoms with E-state index in [-0.39, 0.29) is 16.9 Å². The predicted octanol–water partition coefficient (Wildman–Crippen LogP) is 4.49. The molecule has 0 saturated heterocycles. The molecule has 0 bridgehead atoms. The van der Waals surface area contributed by atoms with Gasteiger partial charge in [-0.25, -0.2) is 5.10 Å². The highest BCUT2D eigenvalue weighted by Gasteiger charge is 2.17. The fourth-order valence-corrected chi connectivity index (χ4v) is 3.88. The van der Waals surface area contributed by atoms with Crippen LogP contribution in [-0.4, -0.2) is 19.7 Å². The van der Waals surface area contributed by atoms with Crippen LogP contribution in [0, 0.1) is 4.84 Å². The molecule has 6 nitrogen and oxygen atoms in total. The molecule has 0 fully saturated rings. The first-order chi connectivity index (χ1) is 12.6. The van der Waals surface area contributed by atoms with Crippen LogP contribution in [0.4, 0.5) is 0 Å². The third-order valence-electron chi connectivity index (χ3n) is 4.46. The van der Waals surface area contributed by atoms with E-state index in [0.29, 0.717) is 11.3 Å². The van der Waals surface area contributed by atoms with Crippen LogP contribution in [0.15, 0.2) is 56.1 Å². The van der Waals surface area contributed by atoms with Gasteiger partial charge in [-0.15, -0.1) is 5.10 Å². The molecule has 0 saturated carbocycles. The fraction of sp³-hybridized carbons (Fsp3) is 0.0556. The zero-order chi connectivity index (χ0) is 17.8. The second-order valence-electron chi connectivity index (χ2n) is 5.98. The molecule has 0 aliphatic heterocycles. The van der Waals surface area contributed by atoms with Crippen molar-refractivity contribution >= 4 is 60.9 Å². The number of hydrogen-bond donors (Lipinski definition) is 2. The average Bonchev–Trinajstić information content (AvgIpc) is 3.21. The average molecular weight is 427 g/mol. The maximum absolute atomic E-state index is 13.1. The number of aromatic amines is 2. The lowest BCUT2D eigenvalue weighted by Crippen LogP contribution is -2.21. The third-order valence-corrected chi connectivity index (χ3v) is 5.13. The summed E-state index contributed by atoms with van der Waals surface area (Å²) >= 11 is 8.47. The van der Waals surface area contributed by atoms with Gasteiger partial charge in [-0.1, -0.05) is 34.1 Å². The van der Waals surface area contributed by atoms with Crippen molar-refractivity contribution in [1.29, 1.82) is 0 Å². The molecular weight excluding hydrogens is 416 g/mol. The fourth-order valence-electron chi connectivity index (χ4n) is 3.37. The van der Waals surface area contributed by atoms with E-state index in [9.17, 15) is 4.79 Å². The van der Waals surface area contributed by atoms with E-state index in [1.54, 1.807) is 4.57 Å². The molecule has 5 aromatic rings. The summed E-state index contributed by atoms with van der Waals surface area (Å²) in [6, 6.07) is 13.6. The number of aromatic nitrogens is 4. The van der Waals surface area contributed by atoms with E-state index in [4.69, 9.17) is 16.6 Å². The molecule has 3 aromatic heterocycles. The molecule has 8 heteroatoms. The summed E-state index contributed by atoms with van der Waals surface area (Å²) in [5, 5.41) is 10.2. The molecule has 26 heavy (non-hydrogen) atoms. The number of nitrogens with zero attached hydrogens (tertiary/aromatic N) is 2. The molecule has 3 heterocycles. The molecule has 5 rings (SSSR count). The van der Waals surface area contributed by atoms with Crippen LogP contribution in [0.5, 0.6) is 0 Å².